The lowest BCUT2D eigenvalue weighted by atomic mass is 9.84. The lowest BCUT2D eigenvalue weighted by Crippen LogP contribution is -2.20. The molecule has 0 bridgehead atoms. The zero-order valence-electron chi connectivity index (χ0n) is 8.66. The van der Waals surface area contributed by atoms with Crippen LogP contribution in [0.1, 0.15) is 25.2 Å². The minimum Gasteiger partial charge on any atom is -0.261 e. The summed E-state index contributed by atoms with van der Waals surface area (Å²) in [4.78, 5) is 4.16. The van der Waals surface area contributed by atoms with Crippen LogP contribution in [-0.4, -0.2) is 15.2 Å². The van der Waals surface area contributed by atoms with Crippen LogP contribution in [0.3, 0.4) is 0 Å². The summed E-state index contributed by atoms with van der Waals surface area (Å²) < 4.78 is 0. The summed E-state index contributed by atoms with van der Waals surface area (Å²) in [5.41, 5.74) is 0.972. The highest BCUT2D eigenvalue weighted by molar-refractivity contribution is 6.28. The predicted molar refractivity (Wildman–Crippen MR) is 60.0 cm³/mol. The third-order valence-electron chi connectivity index (χ3n) is 2.55. The van der Waals surface area contributed by atoms with E-state index in [0.717, 1.165) is 5.82 Å². The van der Waals surface area contributed by atoms with Crippen molar-refractivity contribution in [2.45, 2.75) is 19.3 Å². The Kier molecular flexibility index (Phi) is 2.49. The molecule has 0 saturated carbocycles. The molecule has 0 amide bonds. The Balaban J connectivity index is 2.43. The van der Waals surface area contributed by atoms with Crippen molar-refractivity contribution in [2.75, 3.05) is 0 Å². The van der Waals surface area contributed by atoms with Crippen molar-refractivity contribution in [1.82, 2.24) is 15.2 Å². The van der Waals surface area contributed by atoms with Crippen molar-refractivity contribution in [1.29, 1.82) is 0 Å². The number of benzene rings is 1. The summed E-state index contributed by atoms with van der Waals surface area (Å²) >= 11 is 5.70. The van der Waals surface area contributed by atoms with Crippen LogP contribution in [0.5, 0.6) is 0 Å². The van der Waals surface area contributed by atoms with Gasteiger partial charge in [0.15, 0.2) is 0 Å². The molecule has 1 heterocycles. The number of nitrogens with one attached hydrogen (secondary N) is 1. The zero-order valence-corrected chi connectivity index (χ0v) is 9.42. The normalized spacial score (nSPS) is 11.7. The topological polar surface area (TPSA) is 41.6 Å². The lowest BCUT2D eigenvalue weighted by Gasteiger charge is -2.21. The van der Waals surface area contributed by atoms with Gasteiger partial charge >= 0.3 is 0 Å². The Bertz CT molecular complexity index is 448. The molecule has 0 radical (unpaired) electrons. The molecule has 4 heteroatoms. The predicted octanol–water partition coefficient (Wildman–Crippen LogP) is 2.78. The van der Waals surface area contributed by atoms with Crippen LogP contribution in [0, 0.1) is 0 Å². The summed E-state index contributed by atoms with van der Waals surface area (Å²) in [6, 6.07) is 10.1. The van der Waals surface area contributed by atoms with Gasteiger partial charge in [0.1, 0.15) is 5.82 Å². The number of aromatic amines is 1. The van der Waals surface area contributed by atoms with E-state index in [1.165, 1.54) is 5.56 Å². The molecule has 1 aromatic carbocycles. The second kappa shape index (κ2) is 3.66. The van der Waals surface area contributed by atoms with Crippen molar-refractivity contribution < 1.29 is 0 Å². The second-order valence-electron chi connectivity index (χ2n) is 3.94. The first-order chi connectivity index (χ1) is 7.10. The number of hydrogen-bond acceptors (Lipinski definition) is 2. The summed E-state index contributed by atoms with van der Waals surface area (Å²) in [5, 5.41) is 6.95. The first kappa shape index (κ1) is 10.2. The Morgan fingerprint density at radius 1 is 1.20 bits per heavy atom. The van der Waals surface area contributed by atoms with Crippen molar-refractivity contribution in [3.05, 3.63) is 47.0 Å². The van der Waals surface area contributed by atoms with Gasteiger partial charge in [-0.15, -0.1) is 5.10 Å². The van der Waals surface area contributed by atoms with Gasteiger partial charge in [0.05, 0.1) is 0 Å². The fourth-order valence-electron chi connectivity index (χ4n) is 1.51. The number of hydrogen-bond donors (Lipinski definition) is 1. The first-order valence-corrected chi connectivity index (χ1v) is 5.12. The summed E-state index contributed by atoms with van der Waals surface area (Å²) in [5.74, 6) is 0.777. The van der Waals surface area contributed by atoms with Crippen molar-refractivity contribution in [2.24, 2.45) is 0 Å². The second-order valence-corrected chi connectivity index (χ2v) is 4.28. The van der Waals surface area contributed by atoms with E-state index >= 15 is 0 Å². The van der Waals surface area contributed by atoms with Crippen LogP contribution in [-0.2, 0) is 5.41 Å². The van der Waals surface area contributed by atoms with Crippen LogP contribution in [0.4, 0.5) is 0 Å². The van der Waals surface area contributed by atoms with Crippen LogP contribution >= 0.6 is 11.6 Å². The molecule has 0 atom stereocenters. The van der Waals surface area contributed by atoms with Crippen LogP contribution < -0.4 is 0 Å². The van der Waals surface area contributed by atoms with Gasteiger partial charge in [-0.1, -0.05) is 30.3 Å². The number of aromatic nitrogens is 3. The summed E-state index contributed by atoms with van der Waals surface area (Å²) in [7, 11) is 0. The highest BCUT2D eigenvalue weighted by Crippen LogP contribution is 2.28. The van der Waals surface area contributed by atoms with Crippen molar-refractivity contribution >= 4 is 11.6 Å². The van der Waals surface area contributed by atoms with E-state index < -0.39 is 0 Å². The van der Waals surface area contributed by atoms with E-state index in [2.05, 4.69) is 41.2 Å². The van der Waals surface area contributed by atoms with E-state index in [0.29, 0.717) is 0 Å². The fourth-order valence-corrected chi connectivity index (χ4v) is 1.64. The summed E-state index contributed by atoms with van der Waals surface area (Å²) in [6.45, 7) is 4.17. The van der Waals surface area contributed by atoms with E-state index in [4.69, 9.17) is 11.6 Å². The standard InChI is InChI=1S/C11H12ClN3/c1-11(2,8-6-4-3-5-7-8)9-13-10(12)15-14-9/h3-7H,1-2H3,(H,13,14,15). The molecule has 1 aromatic heterocycles. The van der Waals surface area contributed by atoms with Gasteiger partial charge < -0.3 is 0 Å². The Morgan fingerprint density at radius 3 is 2.40 bits per heavy atom. The van der Waals surface area contributed by atoms with E-state index in [-0.39, 0.29) is 10.7 Å². The molecule has 15 heavy (non-hydrogen) atoms. The SMILES string of the molecule is CC(C)(c1ccccc1)c1nc(Cl)n[nH]1. The average molecular weight is 222 g/mol. The molecule has 0 aliphatic carbocycles. The van der Waals surface area contributed by atoms with Gasteiger partial charge in [-0.05, 0) is 31.0 Å². The van der Waals surface area contributed by atoms with E-state index in [1.54, 1.807) is 0 Å². The molecular formula is C11H12ClN3. The number of rotatable bonds is 2. The molecule has 0 unspecified atom stereocenters. The molecule has 78 valence electrons. The maximum Gasteiger partial charge on any atom is 0.242 e. The van der Waals surface area contributed by atoms with Crippen molar-refractivity contribution in [3.63, 3.8) is 0 Å². The van der Waals surface area contributed by atoms with Gasteiger partial charge in [-0.25, -0.2) is 4.98 Å². The molecule has 3 nitrogen and oxygen atoms in total. The molecule has 0 fully saturated rings. The van der Waals surface area contributed by atoms with Gasteiger partial charge in [0.2, 0.25) is 5.28 Å². The Hall–Kier alpha value is -1.35. The van der Waals surface area contributed by atoms with Gasteiger partial charge in [-0.3, -0.25) is 5.10 Å². The highest BCUT2D eigenvalue weighted by Gasteiger charge is 2.26. The molecule has 0 saturated heterocycles. The molecule has 0 aliphatic heterocycles. The van der Waals surface area contributed by atoms with Gasteiger partial charge in [0, 0.05) is 5.41 Å². The van der Waals surface area contributed by atoms with Crippen molar-refractivity contribution in [3.8, 4) is 0 Å². The molecular weight excluding hydrogens is 210 g/mol. The van der Waals surface area contributed by atoms with Crippen LogP contribution in [0.2, 0.25) is 5.28 Å². The zero-order chi connectivity index (χ0) is 10.9. The number of halogens is 1. The largest absolute Gasteiger partial charge is 0.261 e. The monoisotopic (exact) mass is 221 g/mol. The third kappa shape index (κ3) is 1.88. The fraction of sp³-hybridized carbons (Fsp3) is 0.273. The Labute approximate surface area is 93.5 Å². The minimum absolute atomic E-state index is 0.207. The average Bonchev–Trinajstić information content (AvgIpc) is 2.67. The number of nitrogens with zero attached hydrogens (tertiary/aromatic N) is 2. The smallest absolute Gasteiger partial charge is 0.242 e. The molecule has 0 aliphatic rings. The maximum atomic E-state index is 5.70. The molecule has 2 rings (SSSR count). The van der Waals surface area contributed by atoms with Gasteiger partial charge in [-0.2, -0.15) is 0 Å². The highest BCUT2D eigenvalue weighted by atomic mass is 35.5. The maximum absolute atomic E-state index is 5.70. The van der Waals surface area contributed by atoms with Gasteiger partial charge in [0.25, 0.3) is 0 Å². The minimum atomic E-state index is -0.207. The molecule has 2 aromatic rings. The van der Waals surface area contributed by atoms with E-state index in [1.807, 2.05) is 18.2 Å². The van der Waals surface area contributed by atoms with Crippen LogP contribution in [0.25, 0.3) is 0 Å². The molecule has 0 spiro atoms. The Morgan fingerprint density at radius 2 is 1.87 bits per heavy atom. The first-order valence-electron chi connectivity index (χ1n) is 4.74. The van der Waals surface area contributed by atoms with E-state index in [9.17, 15) is 0 Å². The molecule has 1 N–H and O–H groups in total. The number of H-pyrrole nitrogens is 1. The third-order valence-corrected chi connectivity index (χ3v) is 2.71. The lowest BCUT2D eigenvalue weighted by molar-refractivity contribution is 0.593. The van der Waals surface area contributed by atoms with Crippen LogP contribution in [0.15, 0.2) is 30.3 Å². The quantitative estimate of drug-likeness (QED) is 0.847. The summed E-state index contributed by atoms with van der Waals surface area (Å²) in [6.07, 6.45) is 0.